The van der Waals surface area contributed by atoms with Crippen molar-refractivity contribution in [2.75, 3.05) is 6.61 Å². The van der Waals surface area contributed by atoms with Crippen molar-refractivity contribution in [1.29, 1.82) is 0 Å². The van der Waals surface area contributed by atoms with Crippen LogP contribution in [0.25, 0.3) is 10.4 Å². The fraction of sp³-hybridized carbons (Fsp3) is 0.818. The molecule has 4 heteroatoms. The molecule has 0 spiro atoms. The lowest BCUT2D eigenvalue weighted by Gasteiger charge is -2.57. The van der Waals surface area contributed by atoms with Gasteiger partial charge in [0.25, 0.3) is 0 Å². The Kier molecular flexibility index (Phi) is 2.49. The highest BCUT2D eigenvalue weighted by Crippen LogP contribution is 2.59. The van der Waals surface area contributed by atoms with Crippen molar-refractivity contribution in [2.45, 2.75) is 32.7 Å². The lowest BCUT2D eigenvalue weighted by atomic mass is 9.48. The summed E-state index contributed by atoms with van der Waals surface area (Å²) in [6.07, 6.45) is 4.42. The standard InChI is InChI=1S/C11H17N3O/c1-11(2)7-3-4-8(9(11)5-7)10(6-15)13-14-12/h4,7,9-10,15H,3,5-6H2,1-2H3. The number of azide groups is 1. The molecule has 0 amide bonds. The minimum atomic E-state index is -0.347. The molecule has 3 unspecified atom stereocenters. The summed E-state index contributed by atoms with van der Waals surface area (Å²) in [7, 11) is 0. The first-order valence-corrected chi connectivity index (χ1v) is 5.46. The Labute approximate surface area is 89.6 Å². The summed E-state index contributed by atoms with van der Waals surface area (Å²) in [5.41, 5.74) is 9.92. The molecule has 82 valence electrons. The molecule has 1 fully saturated rings. The van der Waals surface area contributed by atoms with Crippen LogP contribution in [0.5, 0.6) is 0 Å². The van der Waals surface area contributed by atoms with Gasteiger partial charge in [-0.25, -0.2) is 0 Å². The van der Waals surface area contributed by atoms with Crippen LogP contribution in [0, 0.1) is 17.3 Å². The topological polar surface area (TPSA) is 69.0 Å². The fourth-order valence-corrected chi connectivity index (χ4v) is 3.04. The Morgan fingerprint density at radius 2 is 2.47 bits per heavy atom. The van der Waals surface area contributed by atoms with Crippen molar-refractivity contribution in [3.8, 4) is 0 Å². The van der Waals surface area contributed by atoms with E-state index in [9.17, 15) is 5.11 Å². The van der Waals surface area contributed by atoms with Crippen molar-refractivity contribution in [1.82, 2.24) is 0 Å². The molecule has 15 heavy (non-hydrogen) atoms. The first-order valence-electron chi connectivity index (χ1n) is 5.46. The molecule has 2 bridgehead atoms. The molecule has 3 aliphatic rings. The summed E-state index contributed by atoms with van der Waals surface area (Å²) in [5.74, 6) is 1.27. The second-order valence-corrected chi connectivity index (χ2v) is 5.15. The molecule has 3 rings (SSSR count). The summed E-state index contributed by atoms with van der Waals surface area (Å²) >= 11 is 0. The first-order chi connectivity index (χ1) is 7.11. The molecule has 1 saturated carbocycles. The Hall–Kier alpha value is -0.990. The van der Waals surface area contributed by atoms with Gasteiger partial charge in [-0.1, -0.05) is 30.6 Å². The molecule has 0 saturated heterocycles. The van der Waals surface area contributed by atoms with E-state index in [1.165, 1.54) is 6.42 Å². The van der Waals surface area contributed by atoms with Crippen molar-refractivity contribution >= 4 is 0 Å². The van der Waals surface area contributed by atoms with Gasteiger partial charge in [-0.2, -0.15) is 0 Å². The van der Waals surface area contributed by atoms with E-state index in [1.807, 2.05) is 0 Å². The van der Waals surface area contributed by atoms with Crippen LogP contribution in [-0.2, 0) is 0 Å². The highest BCUT2D eigenvalue weighted by atomic mass is 16.3. The Bertz CT molecular complexity index is 342. The third kappa shape index (κ3) is 1.45. The van der Waals surface area contributed by atoms with Crippen molar-refractivity contribution in [2.24, 2.45) is 22.4 Å². The summed E-state index contributed by atoms with van der Waals surface area (Å²) in [5, 5.41) is 12.9. The van der Waals surface area contributed by atoms with Crippen molar-refractivity contribution < 1.29 is 5.11 Å². The smallest absolute Gasteiger partial charge is 0.0819 e. The van der Waals surface area contributed by atoms with Gasteiger partial charge in [0.05, 0.1) is 12.6 Å². The number of allylic oxidation sites excluding steroid dienone is 1. The van der Waals surface area contributed by atoms with Gasteiger partial charge in [0.2, 0.25) is 0 Å². The minimum absolute atomic E-state index is 0.0762. The maximum absolute atomic E-state index is 9.21. The van der Waals surface area contributed by atoms with Gasteiger partial charge in [-0.15, -0.1) is 0 Å². The zero-order valence-corrected chi connectivity index (χ0v) is 9.22. The molecule has 3 aliphatic carbocycles. The summed E-state index contributed by atoms with van der Waals surface area (Å²) < 4.78 is 0. The molecule has 0 aliphatic heterocycles. The van der Waals surface area contributed by atoms with Crippen LogP contribution >= 0.6 is 0 Å². The monoisotopic (exact) mass is 207 g/mol. The maximum atomic E-state index is 9.21. The molecule has 0 aromatic heterocycles. The molecular formula is C11H17N3O. The second-order valence-electron chi connectivity index (χ2n) is 5.15. The maximum Gasteiger partial charge on any atom is 0.0819 e. The SMILES string of the molecule is CC1(C)C2CC=C(C(CO)N=[N+]=[N-])C1C2. The highest BCUT2D eigenvalue weighted by Gasteiger charge is 2.52. The van der Waals surface area contributed by atoms with E-state index in [0.717, 1.165) is 17.9 Å². The van der Waals surface area contributed by atoms with E-state index in [2.05, 4.69) is 29.9 Å². The number of hydrogen-bond donors (Lipinski definition) is 1. The van der Waals surface area contributed by atoms with Gasteiger partial charge in [-0.3, -0.25) is 0 Å². The normalized spacial score (nSPS) is 33.4. The van der Waals surface area contributed by atoms with Crippen LogP contribution in [0.15, 0.2) is 16.8 Å². The molecule has 4 nitrogen and oxygen atoms in total. The van der Waals surface area contributed by atoms with E-state index in [1.54, 1.807) is 0 Å². The molecule has 0 radical (unpaired) electrons. The zero-order chi connectivity index (χ0) is 11.1. The second kappa shape index (κ2) is 3.54. The van der Waals surface area contributed by atoms with Crippen LogP contribution in [-0.4, -0.2) is 17.8 Å². The summed E-state index contributed by atoms with van der Waals surface area (Å²) in [4.78, 5) is 2.81. The number of fused-ring (bicyclic) bond motifs is 1. The van der Waals surface area contributed by atoms with Gasteiger partial charge in [-0.05, 0) is 35.6 Å². The molecular weight excluding hydrogens is 190 g/mol. The minimum Gasteiger partial charge on any atom is -0.396 e. The van der Waals surface area contributed by atoms with E-state index >= 15 is 0 Å². The Morgan fingerprint density at radius 1 is 1.73 bits per heavy atom. The van der Waals surface area contributed by atoms with Gasteiger partial charge in [0, 0.05) is 4.91 Å². The van der Waals surface area contributed by atoms with Crippen LogP contribution in [0.2, 0.25) is 0 Å². The van der Waals surface area contributed by atoms with Crippen LogP contribution in [0.3, 0.4) is 0 Å². The fourth-order valence-electron chi connectivity index (χ4n) is 3.04. The van der Waals surface area contributed by atoms with Gasteiger partial charge < -0.3 is 5.11 Å². The van der Waals surface area contributed by atoms with Crippen LogP contribution in [0.4, 0.5) is 0 Å². The highest BCUT2D eigenvalue weighted by molar-refractivity contribution is 5.27. The Morgan fingerprint density at radius 3 is 2.93 bits per heavy atom. The molecule has 1 N–H and O–H groups in total. The van der Waals surface area contributed by atoms with Gasteiger partial charge in [0.15, 0.2) is 0 Å². The largest absolute Gasteiger partial charge is 0.396 e. The number of hydrogen-bond acceptors (Lipinski definition) is 2. The van der Waals surface area contributed by atoms with E-state index < -0.39 is 0 Å². The average Bonchev–Trinajstić information content (AvgIpc) is 2.25. The van der Waals surface area contributed by atoms with Crippen molar-refractivity contribution in [3.63, 3.8) is 0 Å². The van der Waals surface area contributed by atoms with Crippen molar-refractivity contribution in [3.05, 3.63) is 22.1 Å². The lowest BCUT2D eigenvalue weighted by Crippen LogP contribution is -2.50. The summed E-state index contributed by atoms with van der Waals surface area (Å²) in [6.45, 7) is 4.46. The number of aliphatic hydroxyl groups is 1. The molecule has 0 aromatic rings. The molecule has 0 aromatic carbocycles. The van der Waals surface area contributed by atoms with E-state index in [-0.39, 0.29) is 12.6 Å². The van der Waals surface area contributed by atoms with E-state index in [4.69, 9.17) is 5.53 Å². The molecule has 0 heterocycles. The van der Waals surface area contributed by atoms with Crippen LogP contribution in [0.1, 0.15) is 26.7 Å². The van der Waals surface area contributed by atoms with Gasteiger partial charge in [0.1, 0.15) is 0 Å². The number of nitrogens with zero attached hydrogens (tertiary/aromatic N) is 3. The lowest BCUT2D eigenvalue weighted by molar-refractivity contribution is -0.0114. The first kappa shape index (κ1) is 10.5. The predicted octanol–water partition coefficient (Wildman–Crippen LogP) is 2.65. The number of aliphatic hydroxyl groups excluding tert-OH is 1. The third-order valence-corrected chi connectivity index (χ3v) is 4.26. The van der Waals surface area contributed by atoms with Gasteiger partial charge >= 0.3 is 0 Å². The average molecular weight is 207 g/mol. The number of rotatable bonds is 3. The summed E-state index contributed by atoms with van der Waals surface area (Å²) in [6, 6.07) is -0.347. The Balaban J connectivity index is 2.23. The predicted molar refractivity (Wildman–Crippen MR) is 58.1 cm³/mol. The zero-order valence-electron chi connectivity index (χ0n) is 9.22. The van der Waals surface area contributed by atoms with E-state index in [0.29, 0.717) is 11.3 Å². The third-order valence-electron chi connectivity index (χ3n) is 4.26. The molecule has 3 atom stereocenters. The quantitative estimate of drug-likeness (QED) is 0.328. The van der Waals surface area contributed by atoms with Crippen LogP contribution < -0.4 is 0 Å².